The quantitative estimate of drug-likeness (QED) is 0.521. The molecule has 2 aromatic carbocycles. The van der Waals surface area contributed by atoms with E-state index in [2.05, 4.69) is 0 Å². The molecular formula is C25H23F3N2O6S. The number of benzene rings is 2. The highest BCUT2D eigenvalue weighted by atomic mass is 32.2. The fourth-order valence-corrected chi connectivity index (χ4v) is 5.06. The number of pyridine rings is 1. The summed E-state index contributed by atoms with van der Waals surface area (Å²) in [6, 6.07) is 13.2. The molecule has 0 atom stereocenters. The van der Waals surface area contributed by atoms with Crippen LogP contribution in [0.25, 0.3) is 5.69 Å². The minimum atomic E-state index is -4.67. The van der Waals surface area contributed by atoms with E-state index in [1.165, 1.54) is 59.3 Å². The number of nitrogens with zero attached hydrogens (tertiary/aromatic N) is 2. The Kier molecular flexibility index (Phi) is 6.80. The molecule has 196 valence electrons. The predicted octanol–water partition coefficient (Wildman–Crippen LogP) is 4.31. The molecule has 1 aliphatic rings. The average molecular weight is 537 g/mol. The molecule has 4 rings (SSSR count). The number of carboxylic acid groups (broad SMARTS) is 1. The summed E-state index contributed by atoms with van der Waals surface area (Å²) in [5.41, 5.74) is -2.71. The Hall–Kier alpha value is -3.80. The molecule has 37 heavy (non-hydrogen) atoms. The van der Waals surface area contributed by atoms with Gasteiger partial charge in [0.2, 0.25) is 0 Å². The lowest BCUT2D eigenvalue weighted by molar-refractivity contribution is -0.141. The largest absolute Gasteiger partial charge is 0.482 e. The molecule has 8 nitrogen and oxygen atoms in total. The first kappa shape index (κ1) is 26.3. The maximum absolute atomic E-state index is 13.9. The molecule has 0 saturated carbocycles. The molecule has 2 heterocycles. The number of alkyl halides is 3. The van der Waals surface area contributed by atoms with E-state index in [1.807, 2.05) is 0 Å². The van der Waals surface area contributed by atoms with Crippen molar-refractivity contribution < 1.29 is 36.2 Å². The smallest absolute Gasteiger partial charge is 0.416 e. The van der Waals surface area contributed by atoms with Gasteiger partial charge < -0.3 is 14.7 Å². The summed E-state index contributed by atoms with van der Waals surface area (Å²) in [6.45, 7) is -0.101. The zero-order chi connectivity index (χ0) is 27.0. The molecule has 1 fully saturated rings. The molecule has 1 aliphatic heterocycles. The van der Waals surface area contributed by atoms with Gasteiger partial charge >= 0.3 is 12.3 Å². The molecule has 0 aliphatic carbocycles. The SMILES string of the molecule is CS(=O)(=O)c1ccc(-n2ccc(OC3(c4ccccc4C(F)(F)F)CCN(C(=O)O)CC3)cc2=O)cc1. The van der Waals surface area contributed by atoms with Crippen molar-refractivity contribution in [3.8, 4) is 11.4 Å². The second-order valence-corrected chi connectivity index (χ2v) is 10.8. The van der Waals surface area contributed by atoms with Crippen LogP contribution in [0.15, 0.2) is 76.6 Å². The number of amides is 1. The van der Waals surface area contributed by atoms with Crippen LogP contribution in [-0.4, -0.2) is 48.4 Å². The third-order valence-electron chi connectivity index (χ3n) is 6.31. The van der Waals surface area contributed by atoms with Crippen LogP contribution < -0.4 is 10.3 Å². The Balaban J connectivity index is 1.71. The van der Waals surface area contributed by atoms with Crippen LogP contribution in [0.4, 0.5) is 18.0 Å². The summed E-state index contributed by atoms with van der Waals surface area (Å²) in [5.74, 6) is 0.0229. The number of ether oxygens (including phenoxy) is 1. The number of hydrogen-bond donors (Lipinski definition) is 1. The average Bonchev–Trinajstić information content (AvgIpc) is 2.83. The monoisotopic (exact) mass is 536 g/mol. The van der Waals surface area contributed by atoms with E-state index in [-0.39, 0.29) is 42.1 Å². The molecule has 1 amide bonds. The molecule has 12 heteroatoms. The summed E-state index contributed by atoms with van der Waals surface area (Å²) < 4.78 is 72.3. The minimum Gasteiger partial charge on any atom is -0.482 e. The van der Waals surface area contributed by atoms with Crippen LogP contribution in [0.5, 0.6) is 5.75 Å². The highest BCUT2D eigenvalue weighted by molar-refractivity contribution is 7.90. The highest BCUT2D eigenvalue weighted by Crippen LogP contribution is 2.43. The highest BCUT2D eigenvalue weighted by Gasteiger charge is 2.45. The van der Waals surface area contributed by atoms with Gasteiger partial charge in [0.15, 0.2) is 9.84 Å². The van der Waals surface area contributed by atoms with Gasteiger partial charge in [-0.15, -0.1) is 0 Å². The van der Waals surface area contributed by atoms with Gasteiger partial charge in [0, 0.05) is 55.7 Å². The Labute approximate surface area is 210 Å². The molecule has 0 unspecified atom stereocenters. The number of carbonyl (C=O) groups is 1. The van der Waals surface area contributed by atoms with Gasteiger partial charge in [-0.1, -0.05) is 18.2 Å². The van der Waals surface area contributed by atoms with Crippen molar-refractivity contribution in [2.45, 2.75) is 29.5 Å². The lowest BCUT2D eigenvalue weighted by Crippen LogP contribution is -2.48. The molecule has 0 spiro atoms. The van der Waals surface area contributed by atoms with Crippen LogP contribution in [0, 0.1) is 0 Å². The second kappa shape index (κ2) is 9.58. The Bertz CT molecular complexity index is 1480. The fourth-order valence-electron chi connectivity index (χ4n) is 4.43. The maximum Gasteiger partial charge on any atom is 0.416 e. The molecule has 0 radical (unpaired) electrons. The summed E-state index contributed by atoms with van der Waals surface area (Å²) in [5, 5.41) is 9.32. The van der Waals surface area contributed by atoms with Gasteiger partial charge in [-0.2, -0.15) is 13.2 Å². The first-order valence-electron chi connectivity index (χ1n) is 11.2. The van der Waals surface area contributed by atoms with Gasteiger partial charge in [0.25, 0.3) is 5.56 Å². The van der Waals surface area contributed by atoms with Gasteiger partial charge in [-0.25, -0.2) is 13.2 Å². The zero-order valence-electron chi connectivity index (χ0n) is 19.6. The van der Waals surface area contributed by atoms with E-state index in [0.717, 1.165) is 23.3 Å². The van der Waals surface area contributed by atoms with Crippen LogP contribution in [0.1, 0.15) is 24.0 Å². The topological polar surface area (TPSA) is 106 Å². The lowest BCUT2D eigenvalue weighted by Gasteiger charge is -2.42. The van der Waals surface area contributed by atoms with Crippen molar-refractivity contribution >= 4 is 15.9 Å². The van der Waals surface area contributed by atoms with Crippen LogP contribution in [-0.2, 0) is 21.6 Å². The standard InChI is InChI=1S/C25H23F3N2O6S/c1-37(34,35)19-8-6-17(7-9-19)30-13-10-18(16-22(30)31)36-24(11-14-29(15-12-24)23(32)33)20-4-2-3-5-21(20)25(26,27)28/h2-10,13,16H,11-12,14-15H2,1H3,(H,32,33). The number of piperidine rings is 1. The second-order valence-electron chi connectivity index (χ2n) is 8.75. The Morgan fingerprint density at radius 3 is 2.19 bits per heavy atom. The molecule has 1 N–H and O–H groups in total. The summed E-state index contributed by atoms with van der Waals surface area (Å²) in [6.07, 6.45) is -3.51. The van der Waals surface area contributed by atoms with Crippen molar-refractivity contribution in [1.29, 1.82) is 0 Å². The van der Waals surface area contributed by atoms with Crippen LogP contribution in [0.3, 0.4) is 0 Å². The number of aromatic nitrogens is 1. The van der Waals surface area contributed by atoms with Crippen LogP contribution in [0.2, 0.25) is 0 Å². The van der Waals surface area contributed by atoms with Crippen molar-refractivity contribution in [1.82, 2.24) is 9.47 Å². The minimum absolute atomic E-state index is 0.0229. The molecule has 1 saturated heterocycles. The first-order chi connectivity index (χ1) is 17.3. The van der Waals surface area contributed by atoms with E-state index in [1.54, 1.807) is 0 Å². The predicted molar refractivity (Wildman–Crippen MR) is 128 cm³/mol. The third-order valence-corrected chi connectivity index (χ3v) is 7.44. The molecule has 1 aromatic heterocycles. The van der Waals surface area contributed by atoms with Crippen LogP contribution >= 0.6 is 0 Å². The maximum atomic E-state index is 13.9. The van der Waals surface area contributed by atoms with E-state index in [4.69, 9.17) is 4.74 Å². The van der Waals surface area contributed by atoms with Crippen molar-refractivity contribution in [3.63, 3.8) is 0 Å². The van der Waals surface area contributed by atoms with E-state index >= 15 is 0 Å². The Morgan fingerprint density at radius 2 is 1.65 bits per heavy atom. The molecule has 0 bridgehead atoms. The van der Waals surface area contributed by atoms with E-state index in [9.17, 15) is 36.3 Å². The summed E-state index contributed by atoms with van der Waals surface area (Å²) in [7, 11) is -3.42. The number of hydrogen-bond acceptors (Lipinski definition) is 5. The van der Waals surface area contributed by atoms with Gasteiger partial charge in [-0.05, 0) is 36.4 Å². The zero-order valence-corrected chi connectivity index (χ0v) is 20.4. The lowest BCUT2D eigenvalue weighted by atomic mass is 9.81. The third kappa shape index (κ3) is 5.48. The van der Waals surface area contributed by atoms with Crippen molar-refractivity contribution in [2.75, 3.05) is 19.3 Å². The van der Waals surface area contributed by atoms with Gasteiger partial charge in [0.05, 0.1) is 10.5 Å². The molecular weight excluding hydrogens is 513 g/mol. The van der Waals surface area contributed by atoms with E-state index < -0.39 is 38.8 Å². The van der Waals surface area contributed by atoms with Gasteiger partial charge in [0.1, 0.15) is 11.4 Å². The number of sulfone groups is 1. The first-order valence-corrected chi connectivity index (χ1v) is 13.1. The van der Waals surface area contributed by atoms with E-state index in [0.29, 0.717) is 5.69 Å². The Morgan fingerprint density at radius 1 is 1.03 bits per heavy atom. The number of halogens is 3. The number of likely N-dealkylation sites (tertiary alicyclic amines) is 1. The van der Waals surface area contributed by atoms with Crippen molar-refractivity contribution in [3.05, 3.63) is 88.3 Å². The summed E-state index contributed by atoms with van der Waals surface area (Å²) in [4.78, 5) is 25.5. The normalized spacial score (nSPS) is 15.8. The summed E-state index contributed by atoms with van der Waals surface area (Å²) >= 11 is 0. The number of rotatable bonds is 5. The van der Waals surface area contributed by atoms with Crippen molar-refractivity contribution in [2.24, 2.45) is 0 Å². The fraction of sp³-hybridized carbons (Fsp3) is 0.280. The van der Waals surface area contributed by atoms with Gasteiger partial charge in [-0.3, -0.25) is 9.36 Å². The molecule has 3 aromatic rings.